The zero-order valence-corrected chi connectivity index (χ0v) is 31.9. The second-order valence-corrected chi connectivity index (χ2v) is 15.7. The van der Waals surface area contributed by atoms with Crippen molar-refractivity contribution in [1.82, 2.24) is 9.97 Å². The lowest BCUT2D eigenvalue weighted by Gasteiger charge is -2.24. The number of rotatable bonds is 5. The molecule has 2 heteroatoms. The maximum Gasteiger partial charge on any atom is 0.160 e. The van der Waals surface area contributed by atoms with E-state index in [2.05, 4.69) is 208 Å². The number of hydrogen-bond acceptors (Lipinski definition) is 2. The van der Waals surface area contributed by atoms with E-state index in [1.54, 1.807) is 0 Å². The highest BCUT2D eigenvalue weighted by molar-refractivity contribution is 6.19. The van der Waals surface area contributed by atoms with Crippen LogP contribution in [0, 0.1) is 0 Å². The van der Waals surface area contributed by atoms with Crippen molar-refractivity contribution >= 4 is 32.3 Å². The van der Waals surface area contributed by atoms with Crippen LogP contribution < -0.4 is 0 Å². The van der Waals surface area contributed by atoms with Crippen molar-refractivity contribution < 1.29 is 0 Å². The smallest absolute Gasteiger partial charge is 0.160 e. The average Bonchev–Trinajstić information content (AvgIpc) is 3.51. The molecule has 0 aliphatic heterocycles. The van der Waals surface area contributed by atoms with Gasteiger partial charge in [-0.25, -0.2) is 9.97 Å². The molecular weight excluding hydrogens is 689 g/mol. The van der Waals surface area contributed by atoms with Crippen molar-refractivity contribution in [2.45, 2.75) is 19.3 Å². The molecule has 0 saturated carbocycles. The van der Waals surface area contributed by atoms with Gasteiger partial charge in [-0.3, -0.25) is 0 Å². The molecule has 268 valence electrons. The van der Waals surface area contributed by atoms with Crippen molar-refractivity contribution in [3.05, 3.63) is 205 Å². The van der Waals surface area contributed by atoms with Crippen LogP contribution in [0.4, 0.5) is 0 Å². The zero-order valence-electron chi connectivity index (χ0n) is 31.9. The third kappa shape index (κ3) is 5.40. The van der Waals surface area contributed by atoms with Gasteiger partial charge in [-0.05, 0) is 95.0 Å². The first-order valence-corrected chi connectivity index (χ1v) is 19.7. The summed E-state index contributed by atoms with van der Waals surface area (Å²) in [5.41, 5.74) is 15.0. The van der Waals surface area contributed by atoms with Crippen molar-refractivity contribution in [3.63, 3.8) is 0 Å². The van der Waals surface area contributed by atoms with E-state index < -0.39 is 0 Å². The summed E-state index contributed by atoms with van der Waals surface area (Å²) in [5, 5.41) is 7.22. The summed E-state index contributed by atoms with van der Waals surface area (Å²) in [6.45, 7) is 4.71. The first-order valence-electron chi connectivity index (χ1n) is 19.7. The number of fused-ring (bicyclic) bond motifs is 7. The summed E-state index contributed by atoms with van der Waals surface area (Å²) in [6, 6.07) is 70.1. The van der Waals surface area contributed by atoms with Crippen LogP contribution in [0.1, 0.15) is 25.0 Å². The van der Waals surface area contributed by atoms with Crippen LogP contribution in [0.5, 0.6) is 0 Å². The molecule has 0 atom stereocenters. The molecule has 9 aromatic carbocycles. The standard InChI is InChI=1S/C55H38N2/c1-55(2)49-25-11-10-22-45(49)47-24-13-23-44(53(47)55)39-18-12-19-41(32-39)50-34-51(57-54(56-50)38-28-26-36(27-29-38)35-14-4-3-5-15-35)52-43-21-9-7-17-40(43)33-48-42-20-8-6-16-37(42)30-31-46(48)52/h3-34H,1-2H3. The molecule has 1 heterocycles. The van der Waals surface area contributed by atoms with Crippen molar-refractivity contribution in [3.8, 4) is 67.3 Å². The molecule has 0 spiro atoms. The highest BCUT2D eigenvalue weighted by Gasteiger charge is 2.37. The molecular formula is C55H38N2. The van der Waals surface area contributed by atoms with Crippen LogP contribution in [0.3, 0.4) is 0 Å². The lowest BCUT2D eigenvalue weighted by atomic mass is 9.78. The quantitative estimate of drug-likeness (QED) is 0.130. The van der Waals surface area contributed by atoms with Gasteiger partial charge in [0, 0.05) is 22.1 Å². The van der Waals surface area contributed by atoms with Gasteiger partial charge in [-0.1, -0.05) is 190 Å². The minimum atomic E-state index is -0.126. The Morgan fingerprint density at radius 2 is 0.965 bits per heavy atom. The first-order chi connectivity index (χ1) is 28.0. The van der Waals surface area contributed by atoms with E-state index in [0.717, 1.165) is 33.6 Å². The highest BCUT2D eigenvalue weighted by atomic mass is 14.9. The minimum Gasteiger partial charge on any atom is -0.228 e. The lowest BCUT2D eigenvalue weighted by molar-refractivity contribution is 0.662. The van der Waals surface area contributed by atoms with Gasteiger partial charge in [0.15, 0.2) is 5.82 Å². The fourth-order valence-electron chi connectivity index (χ4n) is 9.33. The monoisotopic (exact) mass is 726 g/mol. The molecule has 0 radical (unpaired) electrons. The van der Waals surface area contributed by atoms with Crippen LogP contribution in [0.2, 0.25) is 0 Å². The van der Waals surface area contributed by atoms with Crippen LogP contribution in [0.15, 0.2) is 194 Å². The Hall–Kier alpha value is -7.16. The topological polar surface area (TPSA) is 25.8 Å². The van der Waals surface area contributed by atoms with E-state index in [0.29, 0.717) is 5.82 Å². The van der Waals surface area contributed by atoms with Gasteiger partial charge in [0.1, 0.15) is 0 Å². The summed E-state index contributed by atoms with van der Waals surface area (Å²) >= 11 is 0. The third-order valence-corrected chi connectivity index (χ3v) is 12.1. The molecule has 2 nitrogen and oxygen atoms in total. The van der Waals surface area contributed by atoms with Gasteiger partial charge in [-0.15, -0.1) is 0 Å². The van der Waals surface area contributed by atoms with Crippen molar-refractivity contribution in [2.75, 3.05) is 0 Å². The number of aromatic nitrogens is 2. The van der Waals surface area contributed by atoms with Gasteiger partial charge < -0.3 is 0 Å². The zero-order chi connectivity index (χ0) is 38.1. The third-order valence-electron chi connectivity index (χ3n) is 12.1. The molecule has 0 saturated heterocycles. The first kappa shape index (κ1) is 33.2. The fourth-order valence-corrected chi connectivity index (χ4v) is 9.33. The Bertz CT molecular complexity index is 3190. The van der Waals surface area contributed by atoms with E-state index >= 15 is 0 Å². The summed E-state index contributed by atoms with van der Waals surface area (Å²) in [7, 11) is 0. The Morgan fingerprint density at radius 3 is 1.82 bits per heavy atom. The second kappa shape index (κ2) is 13.0. The van der Waals surface area contributed by atoms with E-state index in [4.69, 9.17) is 9.97 Å². The predicted molar refractivity (Wildman–Crippen MR) is 239 cm³/mol. The Kier molecular flexibility index (Phi) is 7.55. The highest BCUT2D eigenvalue weighted by Crippen LogP contribution is 2.52. The molecule has 10 aromatic rings. The molecule has 0 N–H and O–H groups in total. The van der Waals surface area contributed by atoms with Crippen LogP contribution >= 0.6 is 0 Å². The van der Waals surface area contributed by atoms with E-state index in [9.17, 15) is 0 Å². The molecule has 0 unspecified atom stereocenters. The number of hydrogen-bond donors (Lipinski definition) is 0. The van der Waals surface area contributed by atoms with Crippen LogP contribution in [0.25, 0.3) is 99.6 Å². The van der Waals surface area contributed by atoms with Gasteiger partial charge in [-0.2, -0.15) is 0 Å². The van der Waals surface area contributed by atoms with E-state index in [1.165, 1.54) is 71.3 Å². The SMILES string of the molecule is CC1(C)c2ccccc2-c2cccc(-c3cccc(-c4cc(-c5c6ccccc6cc6c5ccc5ccccc56)nc(-c5ccc(-c6ccccc6)cc5)n4)c3)c21. The van der Waals surface area contributed by atoms with Gasteiger partial charge in [0.2, 0.25) is 0 Å². The molecule has 0 fully saturated rings. The summed E-state index contributed by atoms with van der Waals surface area (Å²) in [6.07, 6.45) is 0. The molecule has 1 aromatic heterocycles. The minimum absolute atomic E-state index is 0.126. The maximum absolute atomic E-state index is 5.44. The Labute approximate surface area is 332 Å². The summed E-state index contributed by atoms with van der Waals surface area (Å²) in [4.78, 5) is 10.8. The fraction of sp³-hybridized carbons (Fsp3) is 0.0545. The Morgan fingerprint density at radius 1 is 0.351 bits per heavy atom. The number of nitrogens with zero attached hydrogens (tertiary/aromatic N) is 2. The van der Waals surface area contributed by atoms with Crippen LogP contribution in [-0.2, 0) is 5.41 Å². The van der Waals surface area contributed by atoms with Gasteiger partial charge in [0.05, 0.1) is 11.4 Å². The molecule has 11 rings (SSSR count). The molecule has 57 heavy (non-hydrogen) atoms. The largest absolute Gasteiger partial charge is 0.228 e. The molecule has 1 aliphatic rings. The van der Waals surface area contributed by atoms with E-state index in [-0.39, 0.29) is 5.41 Å². The molecule has 1 aliphatic carbocycles. The Balaban J connectivity index is 1.13. The maximum atomic E-state index is 5.44. The van der Waals surface area contributed by atoms with Crippen molar-refractivity contribution in [1.29, 1.82) is 0 Å². The second-order valence-electron chi connectivity index (χ2n) is 15.7. The van der Waals surface area contributed by atoms with Crippen molar-refractivity contribution in [2.24, 2.45) is 0 Å². The summed E-state index contributed by atoms with van der Waals surface area (Å²) in [5.74, 6) is 0.701. The molecule has 0 amide bonds. The summed E-state index contributed by atoms with van der Waals surface area (Å²) < 4.78 is 0. The normalized spacial score (nSPS) is 12.9. The average molecular weight is 727 g/mol. The lowest BCUT2D eigenvalue weighted by Crippen LogP contribution is -2.16. The number of benzene rings is 9. The predicted octanol–water partition coefficient (Wildman–Crippen LogP) is 14.6. The van der Waals surface area contributed by atoms with Gasteiger partial charge >= 0.3 is 0 Å². The van der Waals surface area contributed by atoms with Gasteiger partial charge in [0.25, 0.3) is 0 Å². The van der Waals surface area contributed by atoms with E-state index in [1.807, 2.05) is 0 Å². The molecule has 0 bridgehead atoms. The van der Waals surface area contributed by atoms with Crippen LogP contribution in [-0.4, -0.2) is 9.97 Å².